The molecule has 0 bridgehead atoms. The second kappa shape index (κ2) is 9.38. The minimum atomic E-state index is -0.809. The lowest BCUT2D eigenvalue weighted by molar-refractivity contribution is -0.125. The first-order valence-electron chi connectivity index (χ1n) is 11.3. The molecule has 172 valence electrons. The number of carbonyl (C=O) groups is 1. The molecule has 2 aliphatic heterocycles. The Hall–Kier alpha value is -2.77. The van der Waals surface area contributed by atoms with Gasteiger partial charge in [0.15, 0.2) is 0 Å². The molecule has 0 unspecified atom stereocenters. The van der Waals surface area contributed by atoms with Crippen molar-refractivity contribution in [3.63, 3.8) is 0 Å². The lowest BCUT2D eigenvalue weighted by Crippen LogP contribution is -2.62. The summed E-state index contributed by atoms with van der Waals surface area (Å²) in [5.41, 5.74) is 8.46. The number of hydrogen-bond acceptors (Lipinski definition) is 6. The van der Waals surface area contributed by atoms with Crippen molar-refractivity contribution in [1.82, 2.24) is 4.90 Å². The predicted octanol–water partition coefficient (Wildman–Crippen LogP) is 2.01. The Balaban J connectivity index is 1.38. The molecule has 0 aliphatic carbocycles. The number of methoxy groups -OCH3 is 1. The molecule has 0 radical (unpaired) electrons. The summed E-state index contributed by atoms with van der Waals surface area (Å²) in [6.45, 7) is 6.15. The van der Waals surface area contributed by atoms with Gasteiger partial charge >= 0.3 is 0 Å². The van der Waals surface area contributed by atoms with Gasteiger partial charge in [-0.15, -0.1) is 0 Å². The standard InChI is InChI=1S/C25H34N4O3/c1-19-4-3-5-21(16-19)27-12-10-25(31,11-13-27)18-29-15-14-28(17-23(29)24(26)30)20-6-8-22(32-2)9-7-20/h3-9,16,23,31H,10-15,17-18H2,1-2H3,(H2,26,30)/t23-/m0/s1. The van der Waals surface area contributed by atoms with E-state index in [9.17, 15) is 9.90 Å². The first kappa shape index (κ1) is 22.4. The monoisotopic (exact) mass is 438 g/mol. The lowest BCUT2D eigenvalue weighted by Gasteiger charge is -2.46. The Labute approximate surface area is 190 Å². The Morgan fingerprint density at radius 3 is 2.41 bits per heavy atom. The number of piperazine rings is 1. The van der Waals surface area contributed by atoms with Crippen molar-refractivity contribution in [3.05, 3.63) is 54.1 Å². The van der Waals surface area contributed by atoms with Crippen LogP contribution in [-0.4, -0.2) is 73.9 Å². The summed E-state index contributed by atoms with van der Waals surface area (Å²) in [4.78, 5) is 18.9. The summed E-state index contributed by atoms with van der Waals surface area (Å²) < 4.78 is 5.24. The van der Waals surface area contributed by atoms with Crippen LogP contribution in [0.25, 0.3) is 0 Å². The van der Waals surface area contributed by atoms with E-state index in [-0.39, 0.29) is 5.91 Å². The minimum absolute atomic E-state index is 0.344. The topological polar surface area (TPSA) is 82.3 Å². The van der Waals surface area contributed by atoms with Gasteiger partial charge in [-0.25, -0.2) is 0 Å². The largest absolute Gasteiger partial charge is 0.497 e. The number of benzene rings is 2. The minimum Gasteiger partial charge on any atom is -0.497 e. The Morgan fingerprint density at radius 2 is 1.78 bits per heavy atom. The van der Waals surface area contributed by atoms with Gasteiger partial charge in [0.25, 0.3) is 0 Å². The molecule has 7 heteroatoms. The number of piperidine rings is 1. The Morgan fingerprint density at radius 1 is 1.06 bits per heavy atom. The highest BCUT2D eigenvalue weighted by molar-refractivity contribution is 5.81. The van der Waals surface area contributed by atoms with E-state index in [4.69, 9.17) is 10.5 Å². The molecule has 2 saturated heterocycles. The van der Waals surface area contributed by atoms with Gasteiger partial charge in [0.2, 0.25) is 5.91 Å². The SMILES string of the molecule is COc1ccc(N2CCN(CC3(O)CCN(c4cccc(C)c4)CC3)[C@H](C(N)=O)C2)cc1. The molecule has 7 nitrogen and oxygen atoms in total. The van der Waals surface area contributed by atoms with Gasteiger partial charge in [-0.05, 0) is 61.7 Å². The first-order valence-corrected chi connectivity index (χ1v) is 11.3. The van der Waals surface area contributed by atoms with Crippen molar-refractivity contribution in [2.45, 2.75) is 31.4 Å². The van der Waals surface area contributed by atoms with Crippen molar-refractivity contribution in [2.75, 3.05) is 56.2 Å². The van der Waals surface area contributed by atoms with Crippen LogP contribution in [0.4, 0.5) is 11.4 Å². The van der Waals surface area contributed by atoms with Crippen LogP contribution >= 0.6 is 0 Å². The zero-order valence-electron chi connectivity index (χ0n) is 19.0. The molecule has 32 heavy (non-hydrogen) atoms. The molecule has 3 N–H and O–H groups in total. The average Bonchev–Trinajstić information content (AvgIpc) is 2.79. The second-order valence-electron chi connectivity index (χ2n) is 9.08. The third kappa shape index (κ3) is 5.00. The maximum Gasteiger partial charge on any atom is 0.236 e. The van der Waals surface area contributed by atoms with Crippen molar-refractivity contribution in [1.29, 1.82) is 0 Å². The van der Waals surface area contributed by atoms with Crippen LogP contribution in [-0.2, 0) is 4.79 Å². The molecular weight excluding hydrogens is 404 g/mol. The fraction of sp³-hybridized carbons (Fsp3) is 0.480. The van der Waals surface area contributed by atoms with Gasteiger partial charge in [0.05, 0.1) is 12.7 Å². The summed E-state index contributed by atoms with van der Waals surface area (Å²) >= 11 is 0. The summed E-state index contributed by atoms with van der Waals surface area (Å²) in [5, 5.41) is 11.3. The van der Waals surface area contributed by atoms with Crippen molar-refractivity contribution in [3.8, 4) is 5.75 Å². The quantitative estimate of drug-likeness (QED) is 0.718. The van der Waals surface area contributed by atoms with E-state index in [2.05, 4.69) is 45.9 Å². The van der Waals surface area contributed by atoms with E-state index in [0.29, 0.717) is 32.5 Å². The number of anilines is 2. The zero-order chi connectivity index (χ0) is 22.7. The highest BCUT2D eigenvalue weighted by Crippen LogP contribution is 2.29. The third-order valence-corrected chi connectivity index (χ3v) is 6.82. The number of primary amides is 1. The van der Waals surface area contributed by atoms with Gasteiger partial charge in [-0.2, -0.15) is 0 Å². The number of ether oxygens (including phenoxy) is 1. The predicted molar refractivity (Wildman–Crippen MR) is 127 cm³/mol. The molecule has 2 fully saturated rings. The van der Waals surface area contributed by atoms with Gasteiger partial charge in [0.1, 0.15) is 11.8 Å². The van der Waals surface area contributed by atoms with E-state index < -0.39 is 11.6 Å². The maximum absolute atomic E-state index is 12.3. The smallest absolute Gasteiger partial charge is 0.236 e. The molecule has 2 aromatic carbocycles. The number of aryl methyl sites for hydroxylation is 1. The number of carbonyl (C=O) groups excluding carboxylic acids is 1. The summed E-state index contributed by atoms with van der Waals surface area (Å²) in [6, 6.07) is 15.9. The van der Waals surface area contributed by atoms with Gasteiger partial charge in [-0.3, -0.25) is 9.69 Å². The van der Waals surface area contributed by atoms with Gasteiger partial charge in [-0.1, -0.05) is 12.1 Å². The van der Waals surface area contributed by atoms with Crippen LogP contribution in [0, 0.1) is 6.92 Å². The van der Waals surface area contributed by atoms with Crippen LogP contribution in [0.3, 0.4) is 0 Å². The number of amides is 1. The summed E-state index contributed by atoms with van der Waals surface area (Å²) in [5.74, 6) is 0.460. The van der Waals surface area contributed by atoms with Crippen LogP contribution in [0.5, 0.6) is 5.75 Å². The fourth-order valence-corrected chi connectivity index (χ4v) is 4.85. The van der Waals surface area contributed by atoms with Crippen molar-refractivity contribution >= 4 is 17.3 Å². The molecule has 2 heterocycles. The van der Waals surface area contributed by atoms with Crippen LogP contribution in [0.1, 0.15) is 18.4 Å². The molecular formula is C25H34N4O3. The Kier molecular flexibility index (Phi) is 6.58. The number of aliphatic hydroxyl groups is 1. The molecule has 1 amide bonds. The highest BCUT2D eigenvalue weighted by atomic mass is 16.5. The van der Waals surface area contributed by atoms with Crippen LogP contribution in [0.2, 0.25) is 0 Å². The Bertz CT molecular complexity index is 925. The second-order valence-corrected chi connectivity index (χ2v) is 9.08. The zero-order valence-corrected chi connectivity index (χ0v) is 19.0. The van der Waals surface area contributed by atoms with E-state index in [0.717, 1.165) is 31.1 Å². The molecule has 4 rings (SSSR count). The molecule has 0 saturated carbocycles. The van der Waals surface area contributed by atoms with Crippen molar-refractivity contribution < 1.29 is 14.6 Å². The van der Waals surface area contributed by atoms with Crippen LogP contribution in [0.15, 0.2) is 48.5 Å². The molecule has 1 atom stereocenters. The van der Waals surface area contributed by atoms with Gasteiger partial charge < -0.3 is 25.4 Å². The molecule has 2 aromatic rings. The maximum atomic E-state index is 12.3. The third-order valence-electron chi connectivity index (χ3n) is 6.82. The number of nitrogens with two attached hydrogens (primary N) is 1. The number of nitrogens with zero attached hydrogens (tertiary/aromatic N) is 3. The number of hydrogen-bond donors (Lipinski definition) is 2. The average molecular weight is 439 g/mol. The molecule has 2 aliphatic rings. The number of rotatable bonds is 6. The summed E-state index contributed by atoms with van der Waals surface area (Å²) in [6.07, 6.45) is 1.34. The normalized spacial score (nSPS) is 21.4. The van der Waals surface area contributed by atoms with E-state index in [1.807, 2.05) is 24.3 Å². The first-order chi connectivity index (χ1) is 15.4. The fourth-order valence-electron chi connectivity index (χ4n) is 4.85. The van der Waals surface area contributed by atoms with E-state index in [1.54, 1.807) is 7.11 Å². The van der Waals surface area contributed by atoms with Crippen molar-refractivity contribution in [2.24, 2.45) is 5.73 Å². The van der Waals surface area contributed by atoms with E-state index >= 15 is 0 Å². The lowest BCUT2D eigenvalue weighted by atomic mass is 9.89. The van der Waals surface area contributed by atoms with E-state index in [1.165, 1.54) is 11.3 Å². The number of β-amino-alcohol motifs (C(OH)–C–C–N with tert-alkyl or cyclic N) is 1. The molecule has 0 spiro atoms. The van der Waals surface area contributed by atoms with Gasteiger partial charge in [0, 0.05) is 50.6 Å². The highest BCUT2D eigenvalue weighted by Gasteiger charge is 2.39. The summed E-state index contributed by atoms with van der Waals surface area (Å²) in [7, 11) is 1.65. The van der Waals surface area contributed by atoms with Crippen LogP contribution < -0.4 is 20.3 Å². The molecule has 0 aromatic heterocycles.